The molecule has 1 amide bonds. The van der Waals surface area contributed by atoms with Crippen LogP contribution in [0.5, 0.6) is 0 Å². The van der Waals surface area contributed by atoms with Crippen molar-refractivity contribution >= 4 is 12.1 Å². The monoisotopic (exact) mass is 217 g/mol. The molecule has 86 valence electrons. The fourth-order valence-electron chi connectivity index (χ4n) is 0.964. The molecular formula is C9H15NO5. The van der Waals surface area contributed by atoms with E-state index in [1.807, 2.05) is 0 Å². The molecule has 6 nitrogen and oxygen atoms in total. The highest BCUT2D eigenvalue weighted by molar-refractivity contribution is 5.79. The first-order valence-electron chi connectivity index (χ1n) is 4.38. The lowest BCUT2D eigenvalue weighted by Gasteiger charge is -2.23. The molecule has 0 aliphatic carbocycles. The Balaban J connectivity index is 4.34. The zero-order valence-electron chi connectivity index (χ0n) is 8.55. The summed E-state index contributed by atoms with van der Waals surface area (Å²) in [6, 6.07) is -1.08. The molecule has 0 unspecified atom stereocenters. The number of rotatable bonds is 6. The molecule has 2 N–H and O–H groups in total. The fraction of sp³-hybridized carbons (Fsp3) is 0.556. The van der Waals surface area contributed by atoms with E-state index < -0.39 is 18.1 Å². The normalized spacial score (nSPS) is 11.6. The summed E-state index contributed by atoms with van der Waals surface area (Å²) in [6.45, 7) is 3.07. The standard InChI is InChI=1S/C9H15NO5/c1-3-6-15-9(14)10(2)7(4-5-11)8(12)13/h3,7,11H,1,4-6H2,2H3,(H,12,13)/t7-/m1/s1. The number of aliphatic carboxylic acids is 1. The summed E-state index contributed by atoms with van der Waals surface area (Å²) in [4.78, 5) is 22.9. The zero-order valence-corrected chi connectivity index (χ0v) is 8.55. The number of carboxylic acid groups (broad SMARTS) is 1. The maximum Gasteiger partial charge on any atom is 0.410 e. The summed E-state index contributed by atoms with van der Waals surface area (Å²) in [7, 11) is 1.31. The van der Waals surface area contributed by atoms with Gasteiger partial charge >= 0.3 is 12.1 Å². The summed E-state index contributed by atoms with van der Waals surface area (Å²) < 4.78 is 4.65. The number of carbonyl (C=O) groups excluding carboxylic acids is 1. The van der Waals surface area contributed by atoms with Crippen molar-refractivity contribution in [1.29, 1.82) is 0 Å². The maximum atomic E-state index is 11.2. The summed E-state index contributed by atoms with van der Waals surface area (Å²) in [5.74, 6) is -1.18. The van der Waals surface area contributed by atoms with Gasteiger partial charge < -0.3 is 14.9 Å². The topological polar surface area (TPSA) is 87.1 Å². The summed E-state index contributed by atoms with van der Waals surface area (Å²) in [5, 5.41) is 17.4. The van der Waals surface area contributed by atoms with Gasteiger partial charge in [-0.15, -0.1) is 0 Å². The Morgan fingerprint density at radius 2 is 2.20 bits per heavy atom. The van der Waals surface area contributed by atoms with Crippen LogP contribution < -0.4 is 0 Å². The first-order valence-corrected chi connectivity index (χ1v) is 4.38. The van der Waals surface area contributed by atoms with Crippen LogP contribution in [0.1, 0.15) is 6.42 Å². The van der Waals surface area contributed by atoms with E-state index in [1.165, 1.54) is 13.1 Å². The minimum Gasteiger partial charge on any atom is -0.480 e. The van der Waals surface area contributed by atoms with Crippen molar-refractivity contribution in [2.45, 2.75) is 12.5 Å². The number of aliphatic hydroxyl groups is 1. The lowest BCUT2D eigenvalue weighted by atomic mass is 10.2. The van der Waals surface area contributed by atoms with E-state index in [4.69, 9.17) is 10.2 Å². The number of ether oxygens (including phenoxy) is 1. The zero-order chi connectivity index (χ0) is 11.8. The van der Waals surface area contributed by atoms with Gasteiger partial charge in [-0.1, -0.05) is 12.7 Å². The van der Waals surface area contributed by atoms with E-state index in [9.17, 15) is 9.59 Å². The van der Waals surface area contributed by atoms with E-state index in [0.717, 1.165) is 4.90 Å². The van der Waals surface area contributed by atoms with Crippen LogP contribution in [0.15, 0.2) is 12.7 Å². The summed E-state index contributed by atoms with van der Waals surface area (Å²) in [5.41, 5.74) is 0. The number of nitrogens with zero attached hydrogens (tertiary/aromatic N) is 1. The number of carboxylic acids is 1. The number of likely N-dealkylation sites (N-methyl/N-ethyl adjacent to an activating group) is 1. The molecule has 0 aromatic heterocycles. The Morgan fingerprint density at radius 1 is 1.60 bits per heavy atom. The van der Waals surface area contributed by atoms with Gasteiger partial charge in [-0.05, 0) is 0 Å². The van der Waals surface area contributed by atoms with Gasteiger partial charge in [0.05, 0.1) is 0 Å². The molecule has 0 aliphatic heterocycles. The van der Waals surface area contributed by atoms with Crippen molar-refractivity contribution in [1.82, 2.24) is 4.90 Å². The third-order valence-corrected chi connectivity index (χ3v) is 1.77. The summed E-state index contributed by atoms with van der Waals surface area (Å²) in [6.07, 6.45) is 0.596. The summed E-state index contributed by atoms with van der Waals surface area (Å²) >= 11 is 0. The van der Waals surface area contributed by atoms with Crippen LogP contribution in [-0.2, 0) is 9.53 Å². The molecule has 1 atom stereocenters. The molecule has 0 heterocycles. The Kier molecular flexibility index (Phi) is 6.12. The molecule has 0 bridgehead atoms. The molecule has 6 heteroatoms. The van der Waals surface area contributed by atoms with Crippen LogP contribution in [0.3, 0.4) is 0 Å². The molecule has 0 aromatic carbocycles. The number of hydrogen-bond acceptors (Lipinski definition) is 4. The minimum atomic E-state index is -1.18. The van der Waals surface area contributed by atoms with Crippen LogP contribution in [0.2, 0.25) is 0 Å². The van der Waals surface area contributed by atoms with Crippen LogP contribution in [0.4, 0.5) is 4.79 Å². The third kappa shape index (κ3) is 4.46. The lowest BCUT2D eigenvalue weighted by molar-refractivity contribution is -0.142. The average molecular weight is 217 g/mol. The van der Waals surface area contributed by atoms with Crippen molar-refractivity contribution in [3.8, 4) is 0 Å². The highest BCUT2D eigenvalue weighted by Crippen LogP contribution is 2.04. The molecule has 0 radical (unpaired) electrons. The van der Waals surface area contributed by atoms with Crippen molar-refractivity contribution in [3.05, 3.63) is 12.7 Å². The SMILES string of the molecule is C=CCOC(=O)N(C)[C@H](CCO)C(=O)O. The van der Waals surface area contributed by atoms with Gasteiger partial charge in [-0.3, -0.25) is 4.90 Å². The predicted molar refractivity (Wildman–Crippen MR) is 52.4 cm³/mol. The molecule has 0 spiro atoms. The molecule has 0 fully saturated rings. The third-order valence-electron chi connectivity index (χ3n) is 1.77. The molecule has 0 rings (SSSR count). The second kappa shape index (κ2) is 6.83. The van der Waals surface area contributed by atoms with Crippen molar-refractivity contribution in [2.75, 3.05) is 20.3 Å². The molecule has 0 saturated heterocycles. The molecule has 0 aromatic rings. The van der Waals surface area contributed by atoms with Crippen LogP contribution in [-0.4, -0.2) is 53.5 Å². The first kappa shape index (κ1) is 13.4. The van der Waals surface area contributed by atoms with Gasteiger partial charge in [0.1, 0.15) is 12.6 Å². The Morgan fingerprint density at radius 3 is 2.60 bits per heavy atom. The second-order valence-electron chi connectivity index (χ2n) is 2.84. The Bertz CT molecular complexity index is 241. The van der Waals surface area contributed by atoms with Crippen LogP contribution >= 0.6 is 0 Å². The van der Waals surface area contributed by atoms with Gasteiger partial charge in [0.25, 0.3) is 0 Å². The van der Waals surface area contributed by atoms with E-state index >= 15 is 0 Å². The smallest absolute Gasteiger partial charge is 0.410 e. The van der Waals surface area contributed by atoms with E-state index in [2.05, 4.69) is 11.3 Å². The number of amides is 1. The highest BCUT2D eigenvalue weighted by Gasteiger charge is 2.26. The largest absolute Gasteiger partial charge is 0.480 e. The van der Waals surface area contributed by atoms with Crippen molar-refractivity contribution in [3.63, 3.8) is 0 Å². The minimum absolute atomic E-state index is 0.0225. The lowest BCUT2D eigenvalue weighted by Crippen LogP contribution is -2.43. The number of hydrogen-bond donors (Lipinski definition) is 2. The first-order chi connectivity index (χ1) is 7.04. The van der Waals surface area contributed by atoms with Gasteiger partial charge in [-0.25, -0.2) is 9.59 Å². The van der Waals surface area contributed by atoms with E-state index in [1.54, 1.807) is 0 Å². The highest BCUT2D eigenvalue weighted by atomic mass is 16.6. The quantitative estimate of drug-likeness (QED) is 0.615. The van der Waals surface area contributed by atoms with Gasteiger partial charge in [0, 0.05) is 20.1 Å². The van der Waals surface area contributed by atoms with Crippen LogP contribution in [0, 0.1) is 0 Å². The number of carbonyl (C=O) groups is 2. The Hall–Kier alpha value is -1.56. The van der Waals surface area contributed by atoms with Crippen molar-refractivity contribution in [2.24, 2.45) is 0 Å². The molecule has 15 heavy (non-hydrogen) atoms. The van der Waals surface area contributed by atoms with Crippen molar-refractivity contribution < 1.29 is 24.5 Å². The maximum absolute atomic E-state index is 11.2. The molecule has 0 aliphatic rings. The van der Waals surface area contributed by atoms with Gasteiger partial charge in [-0.2, -0.15) is 0 Å². The predicted octanol–water partition coefficient (Wildman–Crippen LogP) is 0.0764. The second-order valence-corrected chi connectivity index (χ2v) is 2.84. The van der Waals surface area contributed by atoms with E-state index in [-0.39, 0.29) is 19.6 Å². The molecule has 0 saturated carbocycles. The Labute approximate surface area is 87.8 Å². The fourth-order valence-corrected chi connectivity index (χ4v) is 0.964. The number of aliphatic hydroxyl groups excluding tert-OH is 1. The molecular weight excluding hydrogens is 202 g/mol. The van der Waals surface area contributed by atoms with Crippen LogP contribution in [0.25, 0.3) is 0 Å². The average Bonchev–Trinajstić information content (AvgIpc) is 2.21. The van der Waals surface area contributed by atoms with Gasteiger partial charge in [0.15, 0.2) is 0 Å². The van der Waals surface area contributed by atoms with E-state index in [0.29, 0.717) is 0 Å². The van der Waals surface area contributed by atoms with Gasteiger partial charge in [0.2, 0.25) is 0 Å².